The first kappa shape index (κ1) is 18.8. The molecule has 2 aromatic carbocycles. The molecule has 140 valence electrons. The lowest BCUT2D eigenvalue weighted by Gasteiger charge is -2.16. The molecule has 6 nitrogen and oxygen atoms in total. The van der Waals surface area contributed by atoms with Crippen molar-refractivity contribution in [2.75, 3.05) is 20.2 Å². The topological polar surface area (TPSA) is 71.0 Å². The predicted molar refractivity (Wildman–Crippen MR) is 103 cm³/mol. The fourth-order valence-electron chi connectivity index (χ4n) is 2.83. The van der Waals surface area contributed by atoms with E-state index < -0.39 is 0 Å². The zero-order chi connectivity index (χ0) is 19.1. The molecule has 0 spiro atoms. The highest BCUT2D eigenvalue weighted by molar-refractivity contribution is 6.04. The molecular weight excluding hydrogens is 342 g/mol. The minimum atomic E-state index is -0.339. The fourth-order valence-corrected chi connectivity index (χ4v) is 2.83. The van der Waals surface area contributed by atoms with Crippen LogP contribution < -0.4 is 5.43 Å². The maximum atomic E-state index is 12.2. The van der Waals surface area contributed by atoms with Gasteiger partial charge >= 0.3 is 5.97 Å². The largest absolute Gasteiger partial charge is 0.461 e. The van der Waals surface area contributed by atoms with Crippen LogP contribution in [-0.2, 0) is 16.1 Å². The number of nitrogens with one attached hydrogen (secondary N) is 1. The van der Waals surface area contributed by atoms with Gasteiger partial charge in [0.25, 0.3) is 0 Å². The van der Waals surface area contributed by atoms with Gasteiger partial charge in [-0.15, -0.1) is 0 Å². The molecule has 1 heterocycles. The van der Waals surface area contributed by atoms with Crippen LogP contribution in [0.5, 0.6) is 0 Å². The Hall–Kier alpha value is -2.99. The van der Waals surface area contributed by atoms with Gasteiger partial charge in [-0.1, -0.05) is 42.5 Å². The summed E-state index contributed by atoms with van der Waals surface area (Å²) in [7, 11) is 2.00. The highest BCUT2D eigenvalue weighted by Gasteiger charge is 2.14. The van der Waals surface area contributed by atoms with E-state index in [0.29, 0.717) is 31.6 Å². The van der Waals surface area contributed by atoms with Crippen molar-refractivity contribution in [2.45, 2.75) is 19.4 Å². The second-order valence-corrected chi connectivity index (χ2v) is 6.53. The van der Waals surface area contributed by atoms with Gasteiger partial charge in [-0.05, 0) is 30.3 Å². The first-order valence-electron chi connectivity index (χ1n) is 8.97. The number of hydrazone groups is 1. The van der Waals surface area contributed by atoms with Crippen molar-refractivity contribution in [1.29, 1.82) is 0 Å². The monoisotopic (exact) mass is 365 g/mol. The molecule has 0 saturated heterocycles. The highest BCUT2D eigenvalue weighted by atomic mass is 16.5. The molecule has 1 aliphatic heterocycles. The predicted octanol–water partition coefficient (Wildman–Crippen LogP) is 2.59. The van der Waals surface area contributed by atoms with Crippen LogP contribution >= 0.6 is 0 Å². The van der Waals surface area contributed by atoms with E-state index in [1.54, 1.807) is 12.1 Å². The number of ether oxygens (including phenoxy) is 1. The number of nitrogens with zero attached hydrogens (tertiary/aromatic N) is 2. The van der Waals surface area contributed by atoms with Crippen molar-refractivity contribution in [3.63, 3.8) is 0 Å². The molecule has 0 atom stereocenters. The summed E-state index contributed by atoms with van der Waals surface area (Å²) in [4.78, 5) is 25.5. The molecule has 1 N–H and O–H groups in total. The molecule has 0 aliphatic carbocycles. The smallest absolute Gasteiger partial charge is 0.338 e. The molecule has 0 bridgehead atoms. The number of amides is 1. The van der Waals surface area contributed by atoms with Crippen molar-refractivity contribution in [2.24, 2.45) is 5.10 Å². The first-order chi connectivity index (χ1) is 13.1. The summed E-state index contributed by atoms with van der Waals surface area (Å²) < 4.78 is 5.37. The van der Waals surface area contributed by atoms with Gasteiger partial charge < -0.3 is 4.74 Å². The van der Waals surface area contributed by atoms with Gasteiger partial charge in [0, 0.05) is 25.9 Å². The lowest BCUT2D eigenvalue weighted by molar-refractivity contribution is -0.121. The van der Waals surface area contributed by atoms with Gasteiger partial charge in [-0.2, -0.15) is 5.10 Å². The van der Waals surface area contributed by atoms with Gasteiger partial charge in [0.15, 0.2) is 0 Å². The molecule has 2 aromatic rings. The maximum absolute atomic E-state index is 12.2. The van der Waals surface area contributed by atoms with Crippen LogP contribution in [0.25, 0.3) is 0 Å². The van der Waals surface area contributed by atoms with Gasteiger partial charge in [-0.25, -0.2) is 10.2 Å². The van der Waals surface area contributed by atoms with Crippen molar-refractivity contribution in [3.8, 4) is 0 Å². The SMILES string of the molecule is CN(CCOC(=O)c1ccc(C2=NNC(=O)CC2)cc1)Cc1ccccc1. The van der Waals surface area contributed by atoms with Crippen molar-refractivity contribution in [1.82, 2.24) is 10.3 Å². The Bertz CT molecular complexity index is 816. The van der Waals surface area contributed by atoms with Crippen LogP contribution in [0.1, 0.15) is 34.3 Å². The minimum Gasteiger partial charge on any atom is -0.461 e. The maximum Gasteiger partial charge on any atom is 0.338 e. The third-order valence-corrected chi connectivity index (χ3v) is 4.36. The number of carbonyl (C=O) groups excluding carboxylic acids is 2. The zero-order valence-corrected chi connectivity index (χ0v) is 15.4. The van der Waals surface area contributed by atoms with Gasteiger partial charge in [0.2, 0.25) is 5.91 Å². The number of rotatable bonds is 7. The van der Waals surface area contributed by atoms with E-state index in [-0.39, 0.29) is 11.9 Å². The van der Waals surface area contributed by atoms with E-state index in [1.165, 1.54) is 5.56 Å². The molecule has 1 aliphatic rings. The van der Waals surface area contributed by atoms with Crippen molar-refractivity contribution < 1.29 is 14.3 Å². The fraction of sp³-hybridized carbons (Fsp3) is 0.286. The lowest BCUT2D eigenvalue weighted by atomic mass is 10.0. The first-order valence-corrected chi connectivity index (χ1v) is 8.97. The van der Waals surface area contributed by atoms with Crippen LogP contribution in [0.4, 0.5) is 0 Å². The summed E-state index contributed by atoms with van der Waals surface area (Å²) >= 11 is 0. The third-order valence-electron chi connectivity index (χ3n) is 4.36. The molecule has 3 rings (SSSR count). The van der Waals surface area contributed by atoms with E-state index in [0.717, 1.165) is 17.8 Å². The quantitative estimate of drug-likeness (QED) is 0.766. The van der Waals surface area contributed by atoms with Crippen LogP contribution in [-0.4, -0.2) is 42.7 Å². The average Bonchev–Trinajstić information content (AvgIpc) is 2.69. The number of esters is 1. The van der Waals surface area contributed by atoms with Crippen molar-refractivity contribution in [3.05, 3.63) is 71.3 Å². The Morgan fingerprint density at radius 2 is 1.85 bits per heavy atom. The molecular formula is C21H23N3O3. The molecule has 0 unspecified atom stereocenters. The van der Waals surface area contributed by atoms with Crippen LogP contribution in [0.2, 0.25) is 0 Å². The molecule has 0 saturated carbocycles. The molecule has 0 aromatic heterocycles. The van der Waals surface area contributed by atoms with Crippen LogP contribution in [0.3, 0.4) is 0 Å². The number of likely N-dealkylation sites (N-methyl/N-ethyl adjacent to an activating group) is 1. The third kappa shape index (κ3) is 5.49. The molecule has 6 heteroatoms. The number of carbonyl (C=O) groups is 2. The Kier molecular flexibility index (Phi) is 6.33. The van der Waals surface area contributed by atoms with E-state index >= 15 is 0 Å². The highest BCUT2D eigenvalue weighted by Crippen LogP contribution is 2.12. The Morgan fingerprint density at radius 1 is 1.11 bits per heavy atom. The van der Waals surface area contributed by atoms with E-state index in [4.69, 9.17) is 4.74 Å². The number of benzene rings is 2. The molecule has 0 radical (unpaired) electrons. The van der Waals surface area contributed by atoms with Gasteiger partial charge in [0.1, 0.15) is 6.61 Å². The average molecular weight is 365 g/mol. The lowest BCUT2D eigenvalue weighted by Crippen LogP contribution is -2.26. The van der Waals surface area contributed by atoms with Crippen LogP contribution in [0.15, 0.2) is 59.7 Å². The standard InChI is InChI=1S/C21H23N3O3/c1-24(15-16-5-3-2-4-6-16)13-14-27-21(26)18-9-7-17(8-10-18)19-11-12-20(25)23-22-19/h2-10H,11-15H2,1H3,(H,23,25). The number of hydrogen-bond donors (Lipinski definition) is 1. The summed E-state index contributed by atoms with van der Waals surface area (Å²) in [6.45, 7) is 1.81. The van der Waals surface area contributed by atoms with Gasteiger partial charge in [-0.3, -0.25) is 9.69 Å². The second-order valence-electron chi connectivity index (χ2n) is 6.53. The van der Waals surface area contributed by atoms with Gasteiger partial charge in [0.05, 0.1) is 11.3 Å². The van der Waals surface area contributed by atoms with E-state index in [2.05, 4.69) is 27.6 Å². The molecule has 27 heavy (non-hydrogen) atoms. The molecule has 0 fully saturated rings. The zero-order valence-electron chi connectivity index (χ0n) is 15.4. The summed E-state index contributed by atoms with van der Waals surface area (Å²) in [6, 6.07) is 17.3. The number of hydrogen-bond acceptors (Lipinski definition) is 5. The Balaban J connectivity index is 1.46. The second kappa shape index (κ2) is 9.09. The Labute approximate surface area is 158 Å². The Morgan fingerprint density at radius 3 is 2.52 bits per heavy atom. The van der Waals surface area contributed by atoms with Crippen molar-refractivity contribution >= 4 is 17.6 Å². The van der Waals surface area contributed by atoms with E-state index in [1.807, 2.05) is 37.4 Å². The molecule has 1 amide bonds. The summed E-state index contributed by atoms with van der Waals surface area (Å²) in [5.74, 6) is -0.412. The summed E-state index contributed by atoms with van der Waals surface area (Å²) in [5.41, 5.74) is 5.92. The van der Waals surface area contributed by atoms with Crippen LogP contribution in [0, 0.1) is 0 Å². The normalized spacial score (nSPS) is 13.9. The van der Waals surface area contributed by atoms with E-state index in [9.17, 15) is 9.59 Å². The summed E-state index contributed by atoms with van der Waals surface area (Å²) in [6.07, 6.45) is 1.03. The minimum absolute atomic E-state index is 0.0730. The summed E-state index contributed by atoms with van der Waals surface area (Å²) in [5, 5.41) is 4.05.